The first-order valence-electron chi connectivity index (χ1n) is 7.33. The van der Waals surface area contributed by atoms with Crippen molar-refractivity contribution in [2.75, 3.05) is 31.7 Å². The van der Waals surface area contributed by atoms with E-state index in [4.69, 9.17) is 9.47 Å². The van der Waals surface area contributed by atoms with Gasteiger partial charge in [0, 0.05) is 12.1 Å². The van der Waals surface area contributed by atoms with Crippen molar-refractivity contribution in [2.45, 2.75) is 13.8 Å². The minimum atomic E-state index is -0.345. The summed E-state index contributed by atoms with van der Waals surface area (Å²) in [4.78, 5) is 36.5. The van der Waals surface area contributed by atoms with Gasteiger partial charge >= 0.3 is 0 Å². The lowest BCUT2D eigenvalue weighted by Crippen LogP contribution is -2.45. The van der Waals surface area contributed by atoms with E-state index in [1.807, 2.05) is 13.8 Å². The maximum Gasteiger partial charge on any atom is 0.265 e. The number of nitrogens with one attached hydrogen (secondary N) is 1. The molecular formula is C16H20N2O5. The maximum absolute atomic E-state index is 12.1. The number of amides is 2. The van der Waals surface area contributed by atoms with Crippen LogP contribution in [0.25, 0.3) is 0 Å². The fraction of sp³-hybridized carbons (Fsp3) is 0.438. The highest BCUT2D eigenvalue weighted by Gasteiger charge is 2.30. The number of methoxy groups -OCH3 is 1. The van der Waals surface area contributed by atoms with E-state index in [1.54, 1.807) is 0 Å². The molecule has 1 N–H and O–H groups in total. The first kappa shape index (κ1) is 16.8. The van der Waals surface area contributed by atoms with Gasteiger partial charge in [0.15, 0.2) is 18.1 Å². The third-order valence-corrected chi connectivity index (χ3v) is 3.35. The van der Waals surface area contributed by atoms with Crippen LogP contribution in [0.5, 0.6) is 11.5 Å². The SMILES string of the molecule is COc1cc(C=O)cc2c1OCC(=O)N2CC(=O)NCC(C)C. The summed E-state index contributed by atoms with van der Waals surface area (Å²) in [5, 5.41) is 2.76. The summed E-state index contributed by atoms with van der Waals surface area (Å²) in [6.07, 6.45) is 0.652. The molecule has 1 aromatic carbocycles. The Balaban J connectivity index is 2.30. The van der Waals surface area contributed by atoms with Crippen molar-refractivity contribution in [3.05, 3.63) is 17.7 Å². The molecule has 0 aromatic heterocycles. The van der Waals surface area contributed by atoms with Gasteiger partial charge in [-0.05, 0) is 18.1 Å². The molecular weight excluding hydrogens is 300 g/mol. The van der Waals surface area contributed by atoms with E-state index in [0.29, 0.717) is 41.5 Å². The van der Waals surface area contributed by atoms with E-state index >= 15 is 0 Å². The van der Waals surface area contributed by atoms with Gasteiger partial charge in [0.2, 0.25) is 5.91 Å². The molecule has 0 unspecified atom stereocenters. The van der Waals surface area contributed by atoms with Gasteiger partial charge in [0.05, 0.1) is 12.8 Å². The van der Waals surface area contributed by atoms with Crippen molar-refractivity contribution in [2.24, 2.45) is 5.92 Å². The molecule has 0 aliphatic carbocycles. The van der Waals surface area contributed by atoms with Crippen LogP contribution in [0.4, 0.5) is 5.69 Å². The molecule has 0 radical (unpaired) electrons. The van der Waals surface area contributed by atoms with Crippen molar-refractivity contribution in [1.82, 2.24) is 5.32 Å². The summed E-state index contributed by atoms with van der Waals surface area (Å²) in [6, 6.07) is 3.04. The lowest BCUT2D eigenvalue weighted by Gasteiger charge is -2.30. The van der Waals surface area contributed by atoms with Crippen LogP contribution in [0.3, 0.4) is 0 Å². The molecule has 0 atom stereocenters. The average Bonchev–Trinajstić information content (AvgIpc) is 2.54. The number of ether oxygens (including phenoxy) is 2. The number of anilines is 1. The van der Waals surface area contributed by atoms with Crippen molar-refractivity contribution in [3.63, 3.8) is 0 Å². The summed E-state index contributed by atoms with van der Waals surface area (Å²) in [6.45, 7) is 4.18. The summed E-state index contributed by atoms with van der Waals surface area (Å²) in [7, 11) is 1.45. The van der Waals surface area contributed by atoms with Crippen molar-refractivity contribution < 1.29 is 23.9 Å². The molecule has 0 saturated heterocycles. The topological polar surface area (TPSA) is 84.9 Å². The van der Waals surface area contributed by atoms with E-state index in [1.165, 1.54) is 24.1 Å². The Kier molecular flexibility index (Phi) is 5.20. The van der Waals surface area contributed by atoms with Crippen LogP contribution in [0.2, 0.25) is 0 Å². The quantitative estimate of drug-likeness (QED) is 0.791. The average molecular weight is 320 g/mol. The van der Waals surface area contributed by atoms with E-state index in [-0.39, 0.29) is 25.0 Å². The molecule has 2 rings (SSSR count). The highest BCUT2D eigenvalue weighted by atomic mass is 16.5. The molecule has 1 heterocycles. The summed E-state index contributed by atoms with van der Waals surface area (Å²) >= 11 is 0. The highest BCUT2D eigenvalue weighted by Crippen LogP contribution is 2.41. The van der Waals surface area contributed by atoms with Crippen molar-refractivity contribution >= 4 is 23.8 Å². The predicted molar refractivity (Wildman–Crippen MR) is 84.1 cm³/mol. The van der Waals surface area contributed by atoms with Gasteiger partial charge in [-0.15, -0.1) is 0 Å². The lowest BCUT2D eigenvalue weighted by molar-refractivity contribution is -0.125. The minimum absolute atomic E-state index is 0.132. The number of fused-ring (bicyclic) bond motifs is 1. The third kappa shape index (κ3) is 3.80. The molecule has 7 heteroatoms. The van der Waals surface area contributed by atoms with Crippen LogP contribution < -0.4 is 19.7 Å². The van der Waals surface area contributed by atoms with Crippen LogP contribution >= 0.6 is 0 Å². The first-order chi connectivity index (χ1) is 11.0. The van der Waals surface area contributed by atoms with Gasteiger partial charge in [-0.25, -0.2) is 0 Å². The van der Waals surface area contributed by atoms with Gasteiger partial charge in [-0.3, -0.25) is 19.3 Å². The van der Waals surface area contributed by atoms with Crippen LogP contribution in [0.1, 0.15) is 24.2 Å². The fourth-order valence-electron chi connectivity index (χ4n) is 2.21. The van der Waals surface area contributed by atoms with E-state index in [2.05, 4.69) is 5.32 Å². The zero-order valence-electron chi connectivity index (χ0n) is 13.4. The van der Waals surface area contributed by atoms with Crippen LogP contribution in [0.15, 0.2) is 12.1 Å². The van der Waals surface area contributed by atoms with Gasteiger partial charge in [0.1, 0.15) is 12.8 Å². The minimum Gasteiger partial charge on any atom is -0.493 e. The summed E-state index contributed by atoms with van der Waals surface area (Å²) in [5.41, 5.74) is 0.703. The largest absolute Gasteiger partial charge is 0.493 e. The molecule has 2 amide bonds. The Morgan fingerprint density at radius 1 is 1.48 bits per heavy atom. The second kappa shape index (κ2) is 7.13. The Morgan fingerprint density at radius 2 is 2.22 bits per heavy atom. The van der Waals surface area contributed by atoms with Crippen molar-refractivity contribution in [3.8, 4) is 11.5 Å². The Hall–Kier alpha value is -2.57. The molecule has 1 aromatic rings. The second-order valence-electron chi connectivity index (χ2n) is 5.66. The molecule has 1 aliphatic rings. The molecule has 0 spiro atoms. The highest BCUT2D eigenvalue weighted by molar-refractivity contribution is 6.03. The lowest BCUT2D eigenvalue weighted by atomic mass is 10.1. The molecule has 1 aliphatic heterocycles. The number of nitrogens with zero attached hydrogens (tertiary/aromatic N) is 1. The normalized spacial score (nSPS) is 13.4. The predicted octanol–water partition coefficient (Wildman–Crippen LogP) is 1.01. The van der Waals surface area contributed by atoms with Crippen molar-refractivity contribution in [1.29, 1.82) is 0 Å². The fourth-order valence-corrected chi connectivity index (χ4v) is 2.21. The van der Waals surface area contributed by atoms with Crippen LogP contribution in [-0.4, -0.2) is 44.9 Å². The second-order valence-corrected chi connectivity index (χ2v) is 5.66. The van der Waals surface area contributed by atoms with E-state index in [9.17, 15) is 14.4 Å². The zero-order valence-corrected chi connectivity index (χ0v) is 13.4. The number of hydrogen-bond donors (Lipinski definition) is 1. The van der Waals surface area contributed by atoms with E-state index < -0.39 is 0 Å². The number of rotatable bonds is 6. The molecule has 0 fully saturated rings. The number of benzene rings is 1. The number of carbonyl (C=O) groups excluding carboxylic acids is 3. The van der Waals surface area contributed by atoms with Gasteiger partial charge < -0.3 is 14.8 Å². The molecule has 124 valence electrons. The molecule has 0 bridgehead atoms. The Labute approximate surface area is 134 Å². The third-order valence-electron chi connectivity index (χ3n) is 3.35. The standard InChI is InChI=1S/C16H20N2O5/c1-10(2)6-17-14(20)7-18-12-4-11(8-19)5-13(22-3)16(12)23-9-15(18)21/h4-5,8,10H,6-7,9H2,1-3H3,(H,17,20). The summed E-state index contributed by atoms with van der Waals surface area (Å²) < 4.78 is 10.6. The number of carbonyl (C=O) groups is 3. The summed E-state index contributed by atoms with van der Waals surface area (Å²) in [5.74, 6) is 0.408. The van der Waals surface area contributed by atoms with Gasteiger partial charge in [0.25, 0.3) is 5.91 Å². The van der Waals surface area contributed by atoms with Gasteiger partial charge in [-0.2, -0.15) is 0 Å². The Morgan fingerprint density at radius 3 is 2.83 bits per heavy atom. The molecule has 7 nitrogen and oxygen atoms in total. The van der Waals surface area contributed by atoms with Crippen LogP contribution in [-0.2, 0) is 9.59 Å². The monoisotopic (exact) mass is 320 g/mol. The van der Waals surface area contributed by atoms with Gasteiger partial charge in [-0.1, -0.05) is 13.8 Å². The number of aldehydes is 1. The Bertz CT molecular complexity index is 627. The molecule has 23 heavy (non-hydrogen) atoms. The smallest absolute Gasteiger partial charge is 0.265 e. The number of hydrogen-bond acceptors (Lipinski definition) is 5. The maximum atomic E-state index is 12.1. The van der Waals surface area contributed by atoms with E-state index in [0.717, 1.165) is 0 Å². The molecule has 0 saturated carbocycles. The first-order valence-corrected chi connectivity index (χ1v) is 7.33. The van der Waals surface area contributed by atoms with Crippen LogP contribution in [0, 0.1) is 5.92 Å². The zero-order chi connectivity index (χ0) is 17.0.